The number of hydrogen-bond acceptors (Lipinski definition) is 2. The van der Waals surface area contributed by atoms with Crippen molar-refractivity contribution in [1.82, 2.24) is 4.90 Å². The summed E-state index contributed by atoms with van der Waals surface area (Å²) in [6.07, 6.45) is 9.85. The van der Waals surface area contributed by atoms with Crippen LogP contribution in [0.5, 0.6) is 5.75 Å². The summed E-state index contributed by atoms with van der Waals surface area (Å²) in [5, 5.41) is 0. The van der Waals surface area contributed by atoms with Crippen molar-refractivity contribution in [3.05, 3.63) is 30.3 Å². The van der Waals surface area contributed by atoms with Crippen molar-refractivity contribution in [2.45, 2.75) is 84.7 Å². The zero-order valence-corrected chi connectivity index (χ0v) is 16.5. The zero-order chi connectivity index (χ0) is 18.3. The molecule has 0 spiro atoms. The molecule has 0 heterocycles. The van der Waals surface area contributed by atoms with Crippen LogP contribution in [0.25, 0.3) is 0 Å². The Hall–Kier alpha value is -1.51. The second-order valence-corrected chi connectivity index (χ2v) is 6.77. The van der Waals surface area contributed by atoms with Gasteiger partial charge in [-0.3, -0.25) is 4.79 Å². The lowest BCUT2D eigenvalue weighted by atomic mass is 10.1. The molecule has 3 nitrogen and oxygen atoms in total. The molecule has 1 atom stereocenters. The molecule has 1 rings (SSSR count). The van der Waals surface area contributed by atoms with Gasteiger partial charge in [0.25, 0.3) is 5.91 Å². The molecule has 0 N–H and O–H groups in total. The van der Waals surface area contributed by atoms with Crippen molar-refractivity contribution in [3.8, 4) is 5.75 Å². The lowest BCUT2D eigenvalue weighted by Gasteiger charge is -2.27. The molecule has 3 heteroatoms. The Labute approximate surface area is 154 Å². The third kappa shape index (κ3) is 8.94. The van der Waals surface area contributed by atoms with Crippen molar-refractivity contribution in [1.29, 1.82) is 0 Å². The monoisotopic (exact) mass is 347 g/mol. The zero-order valence-electron chi connectivity index (χ0n) is 16.5. The van der Waals surface area contributed by atoms with E-state index in [-0.39, 0.29) is 12.0 Å². The quantitative estimate of drug-likeness (QED) is 0.396. The van der Waals surface area contributed by atoms with Gasteiger partial charge < -0.3 is 9.64 Å². The number of hydrogen-bond donors (Lipinski definition) is 0. The highest BCUT2D eigenvalue weighted by atomic mass is 16.5. The van der Waals surface area contributed by atoms with Crippen molar-refractivity contribution in [2.75, 3.05) is 13.1 Å². The van der Waals surface area contributed by atoms with Gasteiger partial charge in [-0.05, 0) is 31.4 Å². The molecule has 0 radical (unpaired) electrons. The summed E-state index contributed by atoms with van der Waals surface area (Å²) in [6, 6.07) is 9.69. The minimum atomic E-state index is -0.375. The fraction of sp³-hybridized carbons (Fsp3) is 0.682. The molecule has 0 saturated heterocycles. The number of unbranched alkanes of at least 4 members (excludes halogenated alkanes) is 6. The van der Waals surface area contributed by atoms with E-state index in [9.17, 15) is 4.79 Å². The van der Waals surface area contributed by atoms with Crippen molar-refractivity contribution in [3.63, 3.8) is 0 Å². The van der Waals surface area contributed by atoms with Crippen molar-refractivity contribution in [2.24, 2.45) is 0 Å². The molecule has 142 valence electrons. The molecule has 0 bridgehead atoms. The van der Waals surface area contributed by atoms with E-state index in [4.69, 9.17) is 4.74 Å². The van der Waals surface area contributed by atoms with Gasteiger partial charge in [0.15, 0.2) is 6.10 Å². The SMILES string of the molecule is CCCCCCN(CCCCCC)C(=O)C(CC)Oc1ccccc1. The molecule has 1 aromatic carbocycles. The highest BCUT2D eigenvalue weighted by molar-refractivity contribution is 5.81. The van der Waals surface area contributed by atoms with Gasteiger partial charge in [0.2, 0.25) is 0 Å². The third-order valence-corrected chi connectivity index (χ3v) is 4.54. The smallest absolute Gasteiger partial charge is 0.263 e. The third-order valence-electron chi connectivity index (χ3n) is 4.54. The summed E-state index contributed by atoms with van der Waals surface area (Å²) in [4.78, 5) is 15.1. The average Bonchev–Trinajstić information content (AvgIpc) is 2.65. The predicted octanol–water partition coefficient (Wildman–Crippen LogP) is 5.83. The molecule has 0 aromatic heterocycles. The van der Waals surface area contributed by atoms with Gasteiger partial charge in [-0.25, -0.2) is 0 Å². The molecule has 0 aliphatic rings. The predicted molar refractivity (Wildman–Crippen MR) is 106 cm³/mol. The van der Waals surface area contributed by atoms with E-state index >= 15 is 0 Å². The lowest BCUT2D eigenvalue weighted by molar-refractivity contribution is -0.139. The van der Waals surface area contributed by atoms with Crippen LogP contribution in [0.3, 0.4) is 0 Å². The van der Waals surface area contributed by atoms with Crippen molar-refractivity contribution >= 4 is 5.91 Å². The number of para-hydroxylation sites is 1. The summed E-state index contributed by atoms with van der Waals surface area (Å²) >= 11 is 0. The topological polar surface area (TPSA) is 29.5 Å². The van der Waals surface area contributed by atoms with Crippen LogP contribution in [0.4, 0.5) is 0 Å². The molecule has 1 aromatic rings. The minimum absolute atomic E-state index is 0.152. The van der Waals surface area contributed by atoms with Gasteiger partial charge >= 0.3 is 0 Å². The van der Waals surface area contributed by atoms with Gasteiger partial charge in [-0.1, -0.05) is 77.5 Å². The number of rotatable bonds is 14. The lowest BCUT2D eigenvalue weighted by Crippen LogP contribution is -2.42. The maximum atomic E-state index is 13.0. The summed E-state index contributed by atoms with van der Waals surface area (Å²) in [5.74, 6) is 0.930. The van der Waals surface area contributed by atoms with Crippen LogP contribution in [0.1, 0.15) is 78.6 Å². The van der Waals surface area contributed by atoms with Crippen LogP contribution < -0.4 is 4.74 Å². The van der Waals surface area contributed by atoms with Crippen LogP contribution in [0.15, 0.2) is 30.3 Å². The molecular weight excluding hydrogens is 310 g/mol. The average molecular weight is 348 g/mol. The van der Waals surface area contributed by atoms with E-state index in [0.29, 0.717) is 6.42 Å². The number of nitrogens with zero attached hydrogens (tertiary/aromatic N) is 1. The van der Waals surface area contributed by atoms with Gasteiger partial charge in [-0.15, -0.1) is 0 Å². The molecule has 1 unspecified atom stereocenters. The Balaban J connectivity index is 2.62. The van der Waals surface area contributed by atoms with E-state index in [1.54, 1.807) is 0 Å². The van der Waals surface area contributed by atoms with E-state index in [0.717, 1.165) is 31.7 Å². The van der Waals surface area contributed by atoms with Gasteiger partial charge in [0, 0.05) is 13.1 Å². The molecule has 0 aliphatic carbocycles. The number of carbonyl (C=O) groups excluding carboxylic acids is 1. The Morgan fingerprint density at radius 3 is 1.92 bits per heavy atom. The standard InChI is InChI=1S/C22H37NO2/c1-4-7-9-14-18-23(19-15-10-8-5-2)22(24)21(6-3)25-20-16-12-11-13-17-20/h11-13,16-17,21H,4-10,14-15,18-19H2,1-3H3. The second-order valence-electron chi connectivity index (χ2n) is 6.77. The number of amides is 1. The molecule has 0 aliphatic heterocycles. The van der Waals surface area contributed by atoms with Crippen molar-refractivity contribution < 1.29 is 9.53 Å². The van der Waals surface area contributed by atoms with E-state index in [1.807, 2.05) is 42.2 Å². The fourth-order valence-corrected chi connectivity index (χ4v) is 2.97. The van der Waals surface area contributed by atoms with Crippen LogP contribution in [0.2, 0.25) is 0 Å². The number of ether oxygens (including phenoxy) is 1. The van der Waals surface area contributed by atoms with Gasteiger partial charge in [-0.2, -0.15) is 0 Å². The minimum Gasteiger partial charge on any atom is -0.481 e. The summed E-state index contributed by atoms with van der Waals surface area (Å²) in [7, 11) is 0. The highest BCUT2D eigenvalue weighted by Crippen LogP contribution is 2.15. The molecular formula is C22H37NO2. The maximum absolute atomic E-state index is 13.0. The largest absolute Gasteiger partial charge is 0.481 e. The maximum Gasteiger partial charge on any atom is 0.263 e. The first-order valence-electron chi connectivity index (χ1n) is 10.2. The van der Waals surface area contributed by atoms with E-state index < -0.39 is 0 Å². The summed E-state index contributed by atoms with van der Waals surface area (Å²) in [5.41, 5.74) is 0. The molecule has 25 heavy (non-hydrogen) atoms. The number of benzene rings is 1. The van der Waals surface area contributed by atoms with Crippen LogP contribution in [0, 0.1) is 0 Å². The second kappa shape index (κ2) is 13.7. The Morgan fingerprint density at radius 1 is 0.880 bits per heavy atom. The van der Waals surface area contributed by atoms with Crippen LogP contribution >= 0.6 is 0 Å². The first-order valence-corrected chi connectivity index (χ1v) is 10.2. The van der Waals surface area contributed by atoms with Gasteiger partial charge in [0.1, 0.15) is 5.75 Å². The van der Waals surface area contributed by atoms with Gasteiger partial charge in [0.05, 0.1) is 0 Å². The first-order chi connectivity index (χ1) is 12.2. The summed E-state index contributed by atoms with van der Waals surface area (Å²) in [6.45, 7) is 8.18. The molecule has 0 saturated carbocycles. The summed E-state index contributed by atoms with van der Waals surface area (Å²) < 4.78 is 5.97. The fourth-order valence-electron chi connectivity index (χ4n) is 2.97. The number of carbonyl (C=O) groups is 1. The Kier molecular flexibility index (Phi) is 11.8. The Bertz CT molecular complexity index is 435. The van der Waals surface area contributed by atoms with E-state index in [1.165, 1.54) is 38.5 Å². The normalized spacial score (nSPS) is 12.0. The van der Waals surface area contributed by atoms with Crippen LogP contribution in [-0.4, -0.2) is 30.0 Å². The molecule has 0 fully saturated rings. The Morgan fingerprint density at radius 2 is 1.44 bits per heavy atom. The molecule has 1 amide bonds. The van der Waals surface area contributed by atoms with Crippen LogP contribution in [-0.2, 0) is 4.79 Å². The first kappa shape index (κ1) is 21.5. The highest BCUT2D eigenvalue weighted by Gasteiger charge is 2.24. The van der Waals surface area contributed by atoms with E-state index in [2.05, 4.69) is 13.8 Å².